The van der Waals surface area contributed by atoms with E-state index in [9.17, 15) is 24.4 Å². The highest BCUT2D eigenvalue weighted by Crippen LogP contribution is 2.51. The van der Waals surface area contributed by atoms with E-state index in [4.69, 9.17) is 19.5 Å². The van der Waals surface area contributed by atoms with E-state index in [-0.39, 0.29) is 54.2 Å². The van der Waals surface area contributed by atoms with Crippen LogP contribution in [0, 0.1) is 5.41 Å². The highest BCUT2D eigenvalue weighted by Gasteiger charge is 2.46. The lowest BCUT2D eigenvalue weighted by Crippen LogP contribution is -2.32. The fourth-order valence-electron chi connectivity index (χ4n) is 3.51. The Morgan fingerprint density at radius 2 is 2.17 bits per heavy atom. The highest BCUT2D eigenvalue weighted by molar-refractivity contribution is 8.13. The van der Waals surface area contributed by atoms with Crippen molar-refractivity contribution >= 4 is 41.7 Å². The molecule has 1 saturated heterocycles. The van der Waals surface area contributed by atoms with E-state index in [1.54, 1.807) is 20.8 Å². The van der Waals surface area contributed by atoms with Crippen LogP contribution in [0.3, 0.4) is 0 Å². The lowest BCUT2D eigenvalue weighted by Gasteiger charge is -2.25. The number of nitrogen functional groups attached to an aromatic ring is 1. The molecule has 0 amide bonds. The maximum atomic E-state index is 13.2. The summed E-state index contributed by atoms with van der Waals surface area (Å²) < 4.78 is 33.1. The topological polar surface area (TPSA) is 195 Å². The van der Waals surface area contributed by atoms with E-state index < -0.39 is 36.7 Å². The minimum absolute atomic E-state index is 0.0259. The second kappa shape index (κ2) is 10.9. The SMILES string of the molecule is CN(C)P(=O)(OCCSC(=O)C(C)(C)CO)OCC1CC(C)(O)C(n2cnc3c(=O)[nH]c(N)nc32)O1. The van der Waals surface area contributed by atoms with Gasteiger partial charge in [-0.25, -0.2) is 14.2 Å². The second-order valence-electron chi connectivity index (χ2n) is 9.57. The first-order valence-electron chi connectivity index (χ1n) is 11.2. The number of carbonyl (C=O) groups is 1. The van der Waals surface area contributed by atoms with Crippen molar-refractivity contribution in [2.24, 2.45) is 5.41 Å². The molecule has 3 rings (SSSR count). The number of thioether (sulfide) groups is 1. The maximum Gasteiger partial charge on any atom is 0.407 e. The fraction of sp³-hybridized carbons (Fsp3) is 0.700. The molecule has 0 aromatic carbocycles. The number of nitrogens with one attached hydrogen (secondary N) is 1. The molecule has 0 radical (unpaired) electrons. The Bertz CT molecular complexity index is 1200. The molecule has 36 heavy (non-hydrogen) atoms. The van der Waals surface area contributed by atoms with E-state index in [1.165, 1.54) is 29.7 Å². The molecule has 14 nitrogen and oxygen atoms in total. The number of aromatic amines is 1. The molecule has 0 saturated carbocycles. The van der Waals surface area contributed by atoms with Crippen molar-refractivity contribution in [3.8, 4) is 0 Å². The first kappa shape index (κ1) is 28.7. The molecule has 0 spiro atoms. The van der Waals surface area contributed by atoms with Gasteiger partial charge in [-0.1, -0.05) is 11.8 Å². The van der Waals surface area contributed by atoms with E-state index in [0.29, 0.717) is 0 Å². The predicted molar refractivity (Wildman–Crippen MR) is 133 cm³/mol. The summed E-state index contributed by atoms with van der Waals surface area (Å²) >= 11 is 0.980. The first-order chi connectivity index (χ1) is 16.7. The molecule has 0 aliphatic carbocycles. The Labute approximate surface area is 212 Å². The number of rotatable bonds is 11. The van der Waals surface area contributed by atoms with Crippen molar-refractivity contribution in [1.82, 2.24) is 24.2 Å². The Balaban J connectivity index is 1.63. The standard InChI is InChI=1S/C20H33N6O8PS/c1-19(2,10-27)17(29)36-7-6-32-35(31,25(4)5)33-9-12-8-20(3,30)16(34-12)26-11-22-13-14(26)23-18(21)24-15(13)28/h11-12,16,27,30H,6-10H2,1-5H3,(H3,21,23,24,28). The molecule has 1 aliphatic rings. The van der Waals surface area contributed by atoms with Gasteiger partial charge in [0.1, 0.15) is 5.60 Å². The largest absolute Gasteiger partial charge is 0.407 e. The summed E-state index contributed by atoms with van der Waals surface area (Å²) in [5.74, 6) is 0.124. The molecule has 2 aromatic heterocycles. The summed E-state index contributed by atoms with van der Waals surface area (Å²) in [5, 5.41) is 20.1. The summed E-state index contributed by atoms with van der Waals surface area (Å²) in [5.41, 5.74) is 3.07. The zero-order chi connectivity index (χ0) is 26.9. The molecule has 5 N–H and O–H groups in total. The number of aromatic nitrogens is 4. The summed E-state index contributed by atoms with van der Waals surface area (Å²) in [6.07, 6.45) is -0.161. The number of nitrogens with two attached hydrogens (primary N) is 1. The lowest BCUT2D eigenvalue weighted by atomic mass is 9.97. The molecule has 4 unspecified atom stereocenters. The van der Waals surface area contributed by atoms with Crippen LogP contribution < -0.4 is 11.3 Å². The molecule has 202 valence electrons. The van der Waals surface area contributed by atoms with Crippen molar-refractivity contribution in [3.63, 3.8) is 0 Å². The van der Waals surface area contributed by atoms with Crippen LogP contribution in [-0.4, -0.2) is 90.9 Å². The summed E-state index contributed by atoms with van der Waals surface area (Å²) in [7, 11) is -0.650. The summed E-state index contributed by atoms with van der Waals surface area (Å²) in [4.78, 5) is 34.7. The summed E-state index contributed by atoms with van der Waals surface area (Å²) in [6, 6.07) is 0. The molecule has 16 heteroatoms. The number of hydrogen-bond donors (Lipinski definition) is 4. The molecule has 4 atom stereocenters. The number of fused-ring (bicyclic) bond motifs is 1. The Morgan fingerprint density at radius 3 is 2.81 bits per heavy atom. The van der Waals surface area contributed by atoms with Gasteiger partial charge in [0.2, 0.25) is 5.95 Å². The fourth-order valence-corrected chi connectivity index (χ4v) is 5.65. The highest BCUT2D eigenvalue weighted by atomic mass is 32.2. The van der Waals surface area contributed by atoms with Gasteiger partial charge in [0.15, 0.2) is 22.5 Å². The van der Waals surface area contributed by atoms with Gasteiger partial charge in [-0.3, -0.25) is 28.2 Å². The molecule has 3 heterocycles. The Kier molecular flexibility index (Phi) is 8.68. The van der Waals surface area contributed by atoms with E-state index in [2.05, 4.69) is 15.0 Å². The van der Waals surface area contributed by atoms with Gasteiger partial charge in [0.25, 0.3) is 5.56 Å². The monoisotopic (exact) mass is 548 g/mol. The van der Waals surface area contributed by atoms with E-state index in [1.807, 2.05) is 0 Å². The van der Waals surface area contributed by atoms with Gasteiger partial charge in [-0.2, -0.15) is 4.98 Å². The molecular formula is C20H33N6O8PS. The quantitative estimate of drug-likeness (QED) is 0.227. The smallest absolute Gasteiger partial charge is 0.395 e. The number of nitrogens with zero attached hydrogens (tertiary/aromatic N) is 4. The van der Waals surface area contributed by atoms with Crippen LogP contribution in [0.2, 0.25) is 0 Å². The van der Waals surface area contributed by atoms with E-state index >= 15 is 0 Å². The van der Waals surface area contributed by atoms with Crippen LogP contribution >= 0.6 is 19.5 Å². The number of hydrogen-bond acceptors (Lipinski definition) is 12. The van der Waals surface area contributed by atoms with Crippen LogP contribution in [0.15, 0.2) is 11.1 Å². The number of ether oxygens (including phenoxy) is 1. The number of aliphatic hydroxyl groups is 2. The third-order valence-electron chi connectivity index (χ3n) is 5.63. The summed E-state index contributed by atoms with van der Waals surface area (Å²) in [6.45, 7) is 4.37. The van der Waals surface area contributed by atoms with Gasteiger partial charge in [0.05, 0.1) is 37.7 Å². The average molecular weight is 549 g/mol. The zero-order valence-corrected chi connectivity index (χ0v) is 22.5. The van der Waals surface area contributed by atoms with Crippen molar-refractivity contribution in [1.29, 1.82) is 0 Å². The van der Waals surface area contributed by atoms with Gasteiger partial charge in [0, 0.05) is 12.2 Å². The first-order valence-corrected chi connectivity index (χ1v) is 13.6. The minimum atomic E-state index is -3.72. The molecule has 2 aromatic rings. The van der Waals surface area contributed by atoms with Crippen molar-refractivity contribution in [2.75, 3.05) is 45.4 Å². The van der Waals surface area contributed by atoms with Gasteiger partial charge in [-0.05, 0) is 34.9 Å². The molecule has 1 aliphatic heterocycles. The lowest BCUT2D eigenvalue weighted by molar-refractivity contribution is -0.119. The number of anilines is 1. The number of aliphatic hydroxyl groups excluding tert-OH is 1. The van der Waals surface area contributed by atoms with Crippen LogP contribution in [0.1, 0.15) is 33.4 Å². The average Bonchev–Trinajstić information content (AvgIpc) is 3.34. The number of H-pyrrole nitrogens is 1. The van der Waals surface area contributed by atoms with Crippen LogP contribution in [0.5, 0.6) is 0 Å². The maximum absolute atomic E-state index is 13.2. The van der Waals surface area contributed by atoms with Gasteiger partial charge in [-0.15, -0.1) is 0 Å². The Morgan fingerprint density at radius 1 is 1.47 bits per heavy atom. The van der Waals surface area contributed by atoms with Crippen molar-refractivity contribution < 1.29 is 33.4 Å². The van der Waals surface area contributed by atoms with Crippen LogP contribution in [0.25, 0.3) is 11.2 Å². The van der Waals surface area contributed by atoms with Crippen molar-refractivity contribution in [2.45, 2.75) is 45.1 Å². The second-order valence-corrected chi connectivity index (χ2v) is 12.9. The normalized spacial score (nSPS) is 24.4. The molecule has 1 fully saturated rings. The van der Waals surface area contributed by atoms with Crippen LogP contribution in [-0.2, 0) is 23.1 Å². The number of imidazole rings is 1. The molecular weight excluding hydrogens is 515 g/mol. The van der Waals surface area contributed by atoms with Crippen LogP contribution in [0.4, 0.5) is 5.95 Å². The van der Waals surface area contributed by atoms with Gasteiger partial charge >= 0.3 is 7.75 Å². The number of carbonyl (C=O) groups excluding carboxylic acids is 1. The van der Waals surface area contributed by atoms with E-state index in [0.717, 1.165) is 11.8 Å². The minimum Gasteiger partial charge on any atom is -0.395 e. The third kappa shape index (κ3) is 6.17. The zero-order valence-electron chi connectivity index (χ0n) is 20.8. The molecule has 0 bridgehead atoms. The third-order valence-corrected chi connectivity index (χ3v) is 8.78. The van der Waals surface area contributed by atoms with Crippen molar-refractivity contribution in [3.05, 3.63) is 16.7 Å². The predicted octanol–water partition coefficient (Wildman–Crippen LogP) is 0.722. The Hall–Kier alpha value is -1.84. The van der Waals surface area contributed by atoms with Gasteiger partial charge < -0.3 is 20.7 Å².